The lowest BCUT2D eigenvalue weighted by molar-refractivity contribution is -0.132. The number of ketones is 1. The van der Waals surface area contributed by atoms with Gasteiger partial charge in [-0.15, -0.1) is 10.2 Å². The summed E-state index contributed by atoms with van der Waals surface area (Å²) in [6.45, 7) is 3.99. The lowest BCUT2D eigenvalue weighted by Crippen LogP contribution is -2.29. The van der Waals surface area contributed by atoms with Crippen LogP contribution in [-0.2, 0) is 15.3 Å². The summed E-state index contributed by atoms with van der Waals surface area (Å²) in [7, 11) is 2.98. The number of benzene rings is 4. The maximum absolute atomic E-state index is 13.7. The van der Waals surface area contributed by atoms with Gasteiger partial charge in [0.05, 0.1) is 25.8 Å². The maximum atomic E-state index is 13.7. The number of carbonyl (C=O) groups excluding carboxylic acids is 2. The summed E-state index contributed by atoms with van der Waals surface area (Å²) in [4.78, 5) is 28.7. The van der Waals surface area contributed by atoms with Crippen LogP contribution in [0, 0.1) is 0 Å². The first-order chi connectivity index (χ1) is 22.4. The molecule has 0 unspecified atom stereocenters. The molecule has 4 aromatic carbocycles. The van der Waals surface area contributed by atoms with E-state index < -0.39 is 17.7 Å². The van der Waals surface area contributed by atoms with Gasteiger partial charge in [0, 0.05) is 11.3 Å². The fourth-order valence-corrected chi connectivity index (χ4v) is 7.17. The topological polar surface area (TPSA) is 111 Å². The summed E-state index contributed by atoms with van der Waals surface area (Å²) in [6, 6.07) is 25.1. The Kier molecular flexibility index (Phi) is 9.04. The van der Waals surface area contributed by atoms with Crippen LogP contribution in [0.4, 0.5) is 5.13 Å². The molecule has 1 aliphatic heterocycles. The first-order valence-corrected chi connectivity index (χ1v) is 16.0. The number of rotatable bonds is 11. The van der Waals surface area contributed by atoms with Crippen molar-refractivity contribution < 1.29 is 28.9 Å². The Morgan fingerprint density at radius 3 is 2.50 bits per heavy atom. The Balaban J connectivity index is 1.38. The number of hydrogen-bond donors (Lipinski definition) is 1. The van der Waals surface area contributed by atoms with Gasteiger partial charge in [0.1, 0.15) is 18.1 Å². The molecule has 46 heavy (non-hydrogen) atoms. The third-order valence-electron chi connectivity index (χ3n) is 7.50. The van der Waals surface area contributed by atoms with Gasteiger partial charge >= 0.3 is 5.91 Å². The van der Waals surface area contributed by atoms with E-state index in [4.69, 9.17) is 14.2 Å². The zero-order chi connectivity index (χ0) is 32.2. The number of aliphatic hydroxyl groups excluding tert-OH is 1. The third kappa shape index (κ3) is 5.94. The molecule has 1 aromatic heterocycles. The quantitative estimate of drug-likeness (QED) is 0.0396. The van der Waals surface area contributed by atoms with Gasteiger partial charge in [0.25, 0.3) is 5.78 Å². The minimum absolute atomic E-state index is 0.0860. The van der Waals surface area contributed by atoms with Gasteiger partial charge in [0.2, 0.25) is 5.13 Å². The largest absolute Gasteiger partial charge is 0.507 e. The van der Waals surface area contributed by atoms with Crippen molar-refractivity contribution in [2.45, 2.75) is 16.1 Å². The van der Waals surface area contributed by atoms with E-state index in [2.05, 4.69) is 41.0 Å². The fourth-order valence-electron chi connectivity index (χ4n) is 5.30. The minimum Gasteiger partial charge on any atom is -0.507 e. The zero-order valence-electron chi connectivity index (χ0n) is 25.0. The number of amides is 1. The highest BCUT2D eigenvalue weighted by atomic mass is 32.2. The van der Waals surface area contributed by atoms with Gasteiger partial charge in [-0.05, 0) is 52.2 Å². The first-order valence-electron chi connectivity index (χ1n) is 14.2. The number of carbonyl (C=O) groups is 2. The highest BCUT2D eigenvalue weighted by molar-refractivity contribution is 8.00. The van der Waals surface area contributed by atoms with Crippen LogP contribution in [0.15, 0.2) is 107 Å². The molecule has 1 fully saturated rings. The molecule has 9 nitrogen and oxygen atoms in total. The fraction of sp³-hybridized carbons (Fsp3) is 0.143. The summed E-state index contributed by atoms with van der Waals surface area (Å²) >= 11 is 2.71. The van der Waals surface area contributed by atoms with Crippen LogP contribution in [0.5, 0.6) is 17.2 Å². The Hall–Kier alpha value is -5.13. The zero-order valence-corrected chi connectivity index (χ0v) is 26.6. The average Bonchev–Trinajstić information content (AvgIpc) is 3.67. The highest BCUT2D eigenvalue weighted by Gasteiger charge is 2.48. The predicted octanol–water partition coefficient (Wildman–Crippen LogP) is 7.19. The molecule has 1 atom stereocenters. The van der Waals surface area contributed by atoms with Crippen LogP contribution in [-0.4, -0.2) is 47.8 Å². The molecule has 0 bridgehead atoms. The van der Waals surface area contributed by atoms with Crippen molar-refractivity contribution in [2.75, 3.05) is 25.7 Å². The van der Waals surface area contributed by atoms with Gasteiger partial charge < -0.3 is 19.3 Å². The van der Waals surface area contributed by atoms with Crippen molar-refractivity contribution in [3.63, 3.8) is 0 Å². The van der Waals surface area contributed by atoms with Crippen LogP contribution in [0.3, 0.4) is 0 Å². The Labute approximate surface area is 273 Å². The number of anilines is 1. The molecule has 1 amide bonds. The monoisotopic (exact) mass is 651 g/mol. The molecule has 0 saturated carbocycles. The molecule has 11 heteroatoms. The van der Waals surface area contributed by atoms with Crippen LogP contribution < -0.4 is 19.1 Å². The van der Waals surface area contributed by atoms with Gasteiger partial charge in [-0.2, -0.15) is 0 Å². The molecule has 1 N–H and O–H groups in total. The van der Waals surface area contributed by atoms with Crippen LogP contribution in [0.25, 0.3) is 16.5 Å². The molecule has 5 aromatic rings. The number of aliphatic hydroxyl groups is 1. The molecule has 1 saturated heterocycles. The smallest absolute Gasteiger partial charge is 0.301 e. The molecular formula is C35H29N3O6S2. The van der Waals surface area contributed by atoms with Crippen LogP contribution in [0.2, 0.25) is 0 Å². The molecule has 0 spiro atoms. The Morgan fingerprint density at radius 1 is 0.978 bits per heavy atom. The first kappa shape index (κ1) is 30.9. The van der Waals surface area contributed by atoms with E-state index in [0.717, 1.165) is 16.3 Å². The number of fused-ring (bicyclic) bond motifs is 1. The van der Waals surface area contributed by atoms with Crippen molar-refractivity contribution in [1.29, 1.82) is 0 Å². The van der Waals surface area contributed by atoms with Crippen LogP contribution >= 0.6 is 23.1 Å². The number of thioether (sulfide) groups is 1. The van der Waals surface area contributed by atoms with Crippen molar-refractivity contribution in [3.05, 3.63) is 120 Å². The van der Waals surface area contributed by atoms with E-state index in [-0.39, 0.29) is 22.0 Å². The number of methoxy groups -OCH3 is 2. The van der Waals surface area contributed by atoms with Gasteiger partial charge in [-0.1, -0.05) is 90.4 Å². The third-order valence-corrected chi connectivity index (χ3v) is 9.60. The van der Waals surface area contributed by atoms with Crippen molar-refractivity contribution in [1.82, 2.24) is 10.2 Å². The van der Waals surface area contributed by atoms with E-state index >= 15 is 0 Å². The highest BCUT2D eigenvalue weighted by Crippen LogP contribution is 2.45. The van der Waals surface area contributed by atoms with Gasteiger partial charge in [-0.3, -0.25) is 14.5 Å². The molecule has 1 aliphatic rings. The summed E-state index contributed by atoms with van der Waals surface area (Å²) in [5.41, 5.74) is 1.92. The van der Waals surface area contributed by atoms with E-state index in [9.17, 15) is 14.7 Å². The number of Topliss-reactive ketones (excluding diaryl/α,β-unsaturated/α-hetero) is 1. The second kappa shape index (κ2) is 13.5. The maximum Gasteiger partial charge on any atom is 0.301 e. The number of nitrogens with zero attached hydrogens (tertiary/aromatic N) is 3. The van der Waals surface area contributed by atoms with E-state index in [1.54, 1.807) is 48.5 Å². The molecule has 0 radical (unpaired) electrons. The summed E-state index contributed by atoms with van der Waals surface area (Å²) < 4.78 is 17.0. The molecule has 0 aliphatic carbocycles. The standard InChI is InChI=1S/C35H29N3O6S2/c1-4-18-44-25-15-12-22(13-16-25)30-29(31(39)23-14-17-27(42-2)28(19-23)43-3)32(40)33(41)38(30)34-36-37-35(46-34)45-20-24-10-7-9-21-8-5-6-11-26(21)24/h4-17,19,30,39H,1,18,20H2,2-3H3/t30-/m1/s1. The van der Waals surface area contributed by atoms with Crippen molar-refractivity contribution in [2.24, 2.45) is 0 Å². The predicted molar refractivity (Wildman–Crippen MR) is 180 cm³/mol. The summed E-state index contributed by atoms with van der Waals surface area (Å²) in [5, 5.41) is 22.8. The number of hydrogen-bond acceptors (Lipinski definition) is 10. The van der Waals surface area contributed by atoms with Crippen LogP contribution in [0.1, 0.15) is 22.7 Å². The number of ether oxygens (including phenoxy) is 3. The normalized spacial score (nSPS) is 15.7. The lowest BCUT2D eigenvalue weighted by Gasteiger charge is -2.23. The van der Waals surface area contributed by atoms with E-state index in [0.29, 0.717) is 39.5 Å². The van der Waals surface area contributed by atoms with Crippen molar-refractivity contribution >= 4 is 56.5 Å². The molecule has 6 rings (SSSR count). The second-order valence-corrected chi connectivity index (χ2v) is 12.4. The Bertz CT molecular complexity index is 1970. The molecular weight excluding hydrogens is 623 g/mol. The van der Waals surface area contributed by atoms with E-state index in [1.165, 1.54) is 42.2 Å². The summed E-state index contributed by atoms with van der Waals surface area (Å²) in [6.07, 6.45) is 1.64. The minimum atomic E-state index is -0.981. The molecule has 232 valence electrons. The second-order valence-electron chi connectivity index (χ2n) is 10.2. The lowest BCUT2D eigenvalue weighted by atomic mass is 9.95. The number of aromatic nitrogens is 2. The van der Waals surface area contributed by atoms with Crippen molar-refractivity contribution in [3.8, 4) is 17.2 Å². The van der Waals surface area contributed by atoms with Gasteiger partial charge in [-0.25, -0.2) is 0 Å². The van der Waals surface area contributed by atoms with Gasteiger partial charge in [0.15, 0.2) is 15.8 Å². The molecule has 2 heterocycles. The average molecular weight is 652 g/mol. The summed E-state index contributed by atoms with van der Waals surface area (Å²) in [5.74, 6) is 0.0261. The SMILES string of the molecule is C=CCOc1ccc([C@@H]2C(=C(O)c3ccc(OC)c(OC)c3)C(=O)C(=O)N2c2nnc(SCc3cccc4ccccc34)s2)cc1. The van der Waals surface area contributed by atoms with E-state index in [1.807, 2.05) is 18.2 Å². The Morgan fingerprint density at radius 2 is 1.74 bits per heavy atom.